The number of carbonyl (C=O) groups excluding carboxylic acids is 2. The highest BCUT2D eigenvalue weighted by Gasteiger charge is 2.21. The van der Waals surface area contributed by atoms with E-state index in [1.165, 1.54) is 0 Å². The Morgan fingerprint density at radius 3 is 2.38 bits per heavy atom. The Balaban J connectivity index is 2.07. The molecule has 2 N–H and O–H groups in total. The van der Waals surface area contributed by atoms with Crippen LogP contribution in [0.5, 0.6) is 0 Å². The normalized spacial score (nSPS) is 17.9. The van der Waals surface area contributed by atoms with Gasteiger partial charge in [-0.15, -0.1) is 0 Å². The molecule has 3 amide bonds. The van der Waals surface area contributed by atoms with Crippen molar-refractivity contribution in [3.05, 3.63) is 53.7 Å². The van der Waals surface area contributed by atoms with Gasteiger partial charge in [0.05, 0.1) is 0 Å². The molecular weight excluding hydrogens is 204 g/mol. The first-order chi connectivity index (χ1) is 7.75. The van der Waals surface area contributed by atoms with Gasteiger partial charge in [-0.05, 0) is 11.6 Å². The molecule has 1 fully saturated rings. The maximum Gasteiger partial charge on any atom is 0.326 e. The first-order valence-corrected chi connectivity index (χ1v) is 4.81. The van der Waals surface area contributed by atoms with Gasteiger partial charge < -0.3 is 5.32 Å². The molecule has 0 saturated carbocycles. The van der Waals surface area contributed by atoms with E-state index < -0.39 is 11.9 Å². The third-order valence-electron chi connectivity index (χ3n) is 2.07. The maximum absolute atomic E-state index is 11.1. The zero-order valence-corrected chi connectivity index (χ0v) is 8.44. The summed E-state index contributed by atoms with van der Waals surface area (Å²) in [6.45, 7) is 0. The van der Waals surface area contributed by atoms with E-state index in [1.807, 2.05) is 36.4 Å². The van der Waals surface area contributed by atoms with Crippen molar-refractivity contribution >= 4 is 18.0 Å². The third kappa shape index (κ3) is 2.36. The quantitative estimate of drug-likeness (QED) is 0.578. The molecule has 0 bridgehead atoms. The lowest BCUT2D eigenvalue weighted by Gasteiger charge is -1.90. The van der Waals surface area contributed by atoms with Crippen molar-refractivity contribution in [2.75, 3.05) is 0 Å². The summed E-state index contributed by atoms with van der Waals surface area (Å²) in [6, 6.07) is 9.20. The van der Waals surface area contributed by atoms with E-state index >= 15 is 0 Å². The molecule has 80 valence electrons. The van der Waals surface area contributed by atoms with Crippen LogP contribution in [0, 0.1) is 0 Å². The molecular formula is C12H10N2O2. The van der Waals surface area contributed by atoms with Gasteiger partial charge >= 0.3 is 6.03 Å². The number of carbonyl (C=O) groups is 2. The molecule has 0 aromatic heterocycles. The number of imide groups is 1. The van der Waals surface area contributed by atoms with E-state index in [9.17, 15) is 9.59 Å². The Morgan fingerprint density at radius 2 is 1.75 bits per heavy atom. The van der Waals surface area contributed by atoms with Crippen LogP contribution < -0.4 is 10.6 Å². The smallest absolute Gasteiger partial charge is 0.303 e. The number of urea groups is 1. The number of rotatable bonds is 2. The summed E-state index contributed by atoms with van der Waals surface area (Å²) in [4.78, 5) is 21.9. The molecule has 1 saturated heterocycles. The van der Waals surface area contributed by atoms with Crippen molar-refractivity contribution in [3.63, 3.8) is 0 Å². The highest BCUT2D eigenvalue weighted by Crippen LogP contribution is 2.03. The molecule has 0 spiro atoms. The topological polar surface area (TPSA) is 58.2 Å². The predicted molar refractivity (Wildman–Crippen MR) is 60.2 cm³/mol. The molecule has 1 aliphatic rings. The van der Waals surface area contributed by atoms with Crippen LogP contribution >= 0.6 is 0 Å². The SMILES string of the molecule is O=C1NC(=O)/C(=C\C=C\c2ccccc2)N1. The van der Waals surface area contributed by atoms with E-state index in [4.69, 9.17) is 0 Å². The van der Waals surface area contributed by atoms with Crippen LogP contribution in [-0.2, 0) is 4.79 Å². The highest BCUT2D eigenvalue weighted by molar-refractivity contribution is 6.11. The molecule has 0 aliphatic carbocycles. The van der Waals surface area contributed by atoms with Crippen LogP contribution in [0.4, 0.5) is 4.79 Å². The van der Waals surface area contributed by atoms with Gasteiger partial charge in [-0.1, -0.05) is 42.5 Å². The second-order valence-corrected chi connectivity index (χ2v) is 3.26. The number of amides is 3. The number of benzene rings is 1. The Morgan fingerprint density at radius 1 is 1.00 bits per heavy atom. The average Bonchev–Trinajstić information content (AvgIpc) is 2.59. The van der Waals surface area contributed by atoms with Crippen molar-refractivity contribution in [2.24, 2.45) is 0 Å². The lowest BCUT2D eigenvalue weighted by molar-refractivity contribution is -0.115. The molecule has 16 heavy (non-hydrogen) atoms. The van der Waals surface area contributed by atoms with Gasteiger partial charge in [-0.3, -0.25) is 10.1 Å². The molecule has 1 aromatic carbocycles. The molecule has 0 radical (unpaired) electrons. The number of allylic oxidation sites excluding steroid dienone is 2. The fraction of sp³-hybridized carbons (Fsp3) is 0. The van der Waals surface area contributed by atoms with Gasteiger partial charge in [-0.25, -0.2) is 4.79 Å². The molecule has 4 nitrogen and oxygen atoms in total. The minimum Gasteiger partial charge on any atom is -0.303 e. The summed E-state index contributed by atoms with van der Waals surface area (Å²) in [6.07, 6.45) is 5.13. The second kappa shape index (κ2) is 4.44. The molecule has 1 aliphatic heterocycles. The van der Waals surface area contributed by atoms with Gasteiger partial charge in [0.25, 0.3) is 5.91 Å². The molecule has 0 atom stereocenters. The zero-order valence-electron chi connectivity index (χ0n) is 8.44. The fourth-order valence-electron chi connectivity index (χ4n) is 1.32. The van der Waals surface area contributed by atoms with E-state index in [0.717, 1.165) is 5.56 Å². The molecule has 1 aromatic rings. The van der Waals surface area contributed by atoms with Gasteiger partial charge in [0.15, 0.2) is 0 Å². The van der Waals surface area contributed by atoms with E-state index in [-0.39, 0.29) is 5.70 Å². The summed E-state index contributed by atoms with van der Waals surface area (Å²) in [5.41, 5.74) is 1.29. The predicted octanol–water partition coefficient (Wildman–Crippen LogP) is 1.42. The summed E-state index contributed by atoms with van der Waals surface area (Å²) < 4.78 is 0. The van der Waals surface area contributed by atoms with Crippen molar-refractivity contribution in [1.82, 2.24) is 10.6 Å². The van der Waals surface area contributed by atoms with Crippen molar-refractivity contribution in [3.8, 4) is 0 Å². The van der Waals surface area contributed by atoms with Crippen LogP contribution in [0.2, 0.25) is 0 Å². The van der Waals surface area contributed by atoms with Gasteiger partial charge in [0.2, 0.25) is 0 Å². The summed E-state index contributed by atoms with van der Waals surface area (Å²) in [5.74, 6) is -0.400. The van der Waals surface area contributed by atoms with Crippen LogP contribution in [0.3, 0.4) is 0 Å². The summed E-state index contributed by atoms with van der Waals surface area (Å²) >= 11 is 0. The summed E-state index contributed by atoms with van der Waals surface area (Å²) in [5, 5.41) is 4.52. The van der Waals surface area contributed by atoms with E-state index in [2.05, 4.69) is 10.6 Å². The lowest BCUT2D eigenvalue weighted by Crippen LogP contribution is -2.22. The zero-order chi connectivity index (χ0) is 11.4. The highest BCUT2D eigenvalue weighted by atomic mass is 16.2. The maximum atomic E-state index is 11.1. The average molecular weight is 214 g/mol. The third-order valence-corrected chi connectivity index (χ3v) is 2.07. The van der Waals surface area contributed by atoms with Gasteiger partial charge in [0.1, 0.15) is 5.70 Å². The molecule has 4 heteroatoms. The number of hydrogen-bond donors (Lipinski definition) is 2. The largest absolute Gasteiger partial charge is 0.326 e. The van der Waals surface area contributed by atoms with Gasteiger partial charge in [0, 0.05) is 0 Å². The molecule has 2 rings (SSSR count). The summed E-state index contributed by atoms with van der Waals surface area (Å²) in [7, 11) is 0. The fourth-order valence-corrected chi connectivity index (χ4v) is 1.32. The Kier molecular flexibility index (Phi) is 2.82. The minimum atomic E-state index is -0.482. The number of nitrogens with one attached hydrogen (secondary N) is 2. The number of hydrogen-bond acceptors (Lipinski definition) is 2. The van der Waals surface area contributed by atoms with Crippen molar-refractivity contribution in [1.29, 1.82) is 0 Å². The molecule has 0 unspecified atom stereocenters. The Labute approximate surface area is 92.7 Å². The molecule has 1 heterocycles. The van der Waals surface area contributed by atoms with Crippen LogP contribution in [0.15, 0.2) is 48.2 Å². The van der Waals surface area contributed by atoms with Crippen LogP contribution in [0.1, 0.15) is 5.56 Å². The van der Waals surface area contributed by atoms with E-state index in [1.54, 1.807) is 12.2 Å². The van der Waals surface area contributed by atoms with Crippen LogP contribution in [0.25, 0.3) is 6.08 Å². The monoisotopic (exact) mass is 214 g/mol. The van der Waals surface area contributed by atoms with Crippen molar-refractivity contribution < 1.29 is 9.59 Å². The Hall–Kier alpha value is -2.36. The minimum absolute atomic E-state index is 0.261. The second-order valence-electron chi connectivity index (χ2n) is 3.26. The first kappa shape index (κ1) is 10.2. The van der Waals surface area contributed by atoms with Crippen molar-refractivity contribution in [2.45, 2.75) is 0 Å². The van der Waals surface area contributed by atoms with Gasteiger partial charge in [-0.2, -0.15) is 0 Å². The standard InChI is InChI=1S/C12H10N2O2/c15-11-10(13-12(16)14-11)8-4-7-9-5-2-1-3-6-9/h1-8H,(H2,13,14,15,16)/b7-4+,10-8+. The van der Waals surface area contributed by atoms with E-state index in [0.29, 0.717) is 0 Å². The lowest BCUT2D eigenvalue weighted by atomic mass is 10.2. The Bertz CT molecular complexity index is 475. The first-order valence-electron chi connectivity index (χ1n) is 4.81. The van der Waals surface area contributed by atoms with Crippen LogP contribution in [-0.4, -0.2) is 11.9 Å².